The topological polar surface area (TPSA) is 96.3 Å². The van der Waals surface area contributed by atoms with Gasteiger partial charge in [-0.3, -0.25) is 9.55 Å². The Morgan fingerprint density at radius 2 is 1.26 bits per heavy atom. The number of para-hydroxylation sites is 3. The van der Waals surface area contributed by atoms with Gasteiger partial charge >= 0.3 is 25.8 Å². The van der Waals surface area contributed by atoms with E-state index in [1.165, 1.54) is 11.1 Å². The Balaban J connectivity index is 0.00000157. The minimum Gasteiger partial charge on any atom is -0.679 e. The second-order valence-corrected chi connectivity index (χ2v) is 10.2. The number of hydrogen-bond acceptors (Lipinski definition) is 3. The molecule has 0 saturated carbocycles. The predicted molar refractivity (Wildman–Crippen MR) is 182 cm³/mol. The van der Waals surface area contributed by atoms with E-state index in [2.05, 4.69) is 72.5 Å². The van der Waals surface area contributed by atoms with Crippen LogP contribution in [-0.4, -0.2) is 63.4 Å². The number of hydrogen-bond donors (Lipinski definition) is 0. The van der Waals surface area contributed by atoms with E-state index < -0.39 is 0 Å². The van der Waals surface area contributed by atoms with E-state index in [1.54, 1.807) is 42.3 Å². The molecular formula is C34H51HfN7O. The minimum absolute atomic E-state index is 0. The van der Waals surface area contributed by atoms with Crippen LogP contribution >= 0.6 is 0 Å². The number of fused-ring (bicyclic) bond motifs is 1. The normalized spacial score (nSPS) is 10.2. The second-order valence-electron chi connectivity index (χ2n) is 10.2. The molecule has 0 aliphatic heterocycles. The molecule has 4 aromatic rings. The van der Waals surface area contributed by atoms with Gasteiger partial charge in [-0.05, 0) is 43.0 Å². The summed E-state index contributed by atoms with van der Waals surface area (Å²) in [4.78, 5) is 9.80. The van der Waals surface area contributed by atoms with Crippen LogP contribution in [0.25, 0.3) is 43.8 Å². The van der Waals surface area contributed by atoms with E-state index in [0.717, 1.165) is 33.9 Å². The van der Waals surface area contributed by atoms with Gasteiger partial charge in [0.25, 0.3) is 0 Å². The van der Waals surface area contributed by atoms with Crippen molar-refractivity contribution in [3.05, 3.63) is 98.8 Å². The first kappa shape index (κ1) is 40.6. The standard InChI is InChI=1S/C28H33N4O.3C2H6N.Hf/c1-6-33-18-32-26-16-8-7-14-24(26)31-28(32)25-15-9-11-21(30-25)17-29-27-22(19(2)3)12-10-13-23(27)20(4)5;3*1-3-2;/h7-16,19-20H,6,17-18H2,1-5H3;3*1-2H3;/q4*-1;+4. The van der Waals surface area contributed by atoms with Crippen LogP contribution in [0.4, 0.5) is 5.69 Å². The van der Waals surface area contributed by atoms with E-state index in [4.69, 9.17) is 20.0 Å². The van der Waals surface area contributed by atoms with Crippen LogP contribution in [-0.2, 0) is 43.9 Å². The van der Waals surface area contributed by atoms with Crippen molar-refractivity contribution in [3.8, 4) is 11.5 Å². The molecule has 232 valence electrons. The van der Waals surface area contributed by atoms with Gasteiger partial charge in [-0.15, -0.1) is 5.69 Å². The average Bonchev–Trinajstić information content (AvgIpc) is 3.34. The Morgan fingerprint density at radius 1 is 0.721 bits per heavy atom. The fraction of sp³-hybridized carbons (Fsp3) is 0.471. The van der Waals surface area contributed by atoms with E-state index in [-0.39, 0.29) is 25.8 Å². The van der Waals surface area contributed by atoms with Crippen molar-refractivity contribution in [2.24, 2.45) is 0 Å². The van der Waals surface area contributed by atoms with Gasteiger partial charge in [0, 0.05) is 12.3 Å². The van der Waals surface area contributed by atoms with Gasteiger partial charge in [0.1, 0.15) is 12.4 Å². The molecule has 0 amide bonds. The number of imidazole rings is 1. The first-order chi connectivity index (χ1) is 20.2. The van der Waals surface area contributed by atoms with Crippen molar-refractivity contribution in [3.63, 3.8) is 0 Å². The van der Waals surface area contributed by atoms with E-state index in [9.17, 15) is 0 Å². The predicted octanol–water partition coefficient (Wildman–Crippen LogP) is 9.40. The van der Waals surface area contributed by atoms with Crippen molar-refractivity contribution in [1.29, 1.82) is 0 Å². The summed E-state index contributed by atoms with van der Waals surface area (Å²) < 4.78 is 7.82. The Labute approximate surface area is 279 Å². The summed E-state index contributed by atoms with van der Waals surface area (Å²) in [6.45, 7) is 12.5. The fourth-order valence-electron chi connectivity index (χ4n) is 4.13. The number of nitrogens with zero attached hydrogens (tertiary/aromatic N) is 7. The zero-order chi connectivity index (χ0) is 31.5. The first-order valence-electron chi connectivity index (χ1n) is 14.5. The maximum atomic E-state index is 5.73. The van der Waals surface area contributed by atoms with Crippen molar-refractivity contribution in [2.75, 3.05) is 48.9 Å². The zero-order valence-electron chi connectivity index (χ0n) is 28.1. The number of benzene rings is 2. The smallest absolute Gasteiger partial charge is 0.679 e. The van der Waals surface area contributed by atoms with Gasteiger partial charge in [-0.2, -0.15) is 42.3 Å². The van der Waals surface area contributed by atoms with Crippen molar-refractivity contribution >= 4 is 16.7 Å². The molecule has 0 bridgehead atoms. The number of pyridine rings is 1. The molecule has 4 rings (SSSR count). The maximum absolute atomic E-state index is 5.73. The van der Waals surface area contributed by atoms with Crippen molar-refractivity contribution in [2.45, 2.75) is 59.7 Å². The van der Waals surface area contributed by atoms with Crippen LogP contribution in [0.1, 0.15) is 63.3 Å². The minimum atomic E-state index is 0. The number of aromatic nitrogens is 3. The Morgan fingerprint density at radius 3 is 1.79 bits per heavy atom. The third-order valence-corrected chi connectivity index (χ3v) is 5.86. The summed E-state index contributed by atoms with van der Waals surface area (Å²) in [7, 11) is 10.5. The molecule has 0 unspecified atom stereocenters. The summed E-state index contributed by atoms with van der Waals surface area (Å²) in [5.74, 6) is 1.65. The monoisotopic (exact) mass is 753 g/mol. The number of ether oxygens (including phenoxy) is 1. The molecule has 0 saturated heterocycles. The molecular weight excluding hydrogens is 701 g/mol. The van der Waals surface area contributed by atoms with E-state index >= 15 is 0 Å². The van der Waals surface area contributed by atoms with Crippen LogP contribution in [0.3, 0.4) is 0 Å². The Bertz CT molecular complexity index is 1260. The van der Waals surface area contributed by atoms with Gasteiger partial charge in [-0.25, -0.2) is 4.98 Å². The fourth-order valence-corrected chi connectivity index (χ4v) is 4.13. The molecule has 2 aromatic heterocycles. The molecule has 0 aliphatic carbocycles. The van der Waals surface area contributed by atoms with E-state index in [0.29, 0.717) is 31.7 Å². The quantitative estimate of drug-likeness (QED) is 0.160. The zero-order valence-corrected chi connectivity index (χ0v) is 31.7. The van der Waals surface area contributed by atoms with Crippen molar-refractivity contribution in [1.82, 2.24) is 14.5 Å². The Hall–Kier alpha value is -2.43. The van der Waals surface area contributed by atoms with E-state index in [1.807, 2.05) is 43.3 Å². The van der Waals surface area contributed by atoms with Gasteiger partial charge in [0.2, 0.25) is 0 Å². The summed E-state index contributed by atoms with van der Waals surface area (Å²) >= 11 is 0. The largest absolute Gasteiger partial charge is 4.00 e. The molecule has 0 fully saturated rings. The molecule has 0 aliphatic rings. The molecule has 9 heteroatoms. The SMILES string of the molecule is CCOCn1c(-c2cccc(C[N-]c3c(C(C)C)cccc3C(C)C)n2)nc2ccccc21.C[N-]C.C[N-]C.C[N-]C.[Hf+4]. The molecule has 0 N–H and O–H groups in total. The van der Waals surface area contributed by atoms with Gasteiger partial charge in [0.05, 0.1) is 11.0 Å². The summed E-state index contributed by atoms with van der Waals surface area (Å²) in [5, 5.41) is 15.6. The molecule has 8 nitrogen and oxygen atoms in total. The molecule has 0 atom stereocenters. The summed E-state index contributed by atoms with van der Waals surface area (Å²) in [6, 6.07) is 20.7. The number of rotatable bonds is 9. The molecule has 43 heavy (non-hydrogen) atoms. The van der Waals surface area contributed by atoms with Crippen LogP contribution in [0, 0.1) is 0 Å². The summed E-state index contributed by atoms with van der Waals surface area (Å²) in [6.07, 6.45) is 0. The first-order valence-corrected chi connectivity index (χ1v) is 14.5. The maximum Gasteiger partial charge on any atom is 4.00 e. The van der Waals surface area contributed by atoms with Gasteiger partial charge in [-0.1, -0.05) is 81.8 Å². The van der Waals surface area contributed by atoms with Crippen LogP contribution in [0.5, 0.6) is 0 Å². The second kappa shape index (κ2) is 23.0. The molecule has 2 heterocycles. The third-order valence-electron chi connectivity index (χ3n) is 5.86. The molecule has 2 aromatic carbocycles. The molecule has 0 spiro atoms. The Kier molecular flexibility index (Phi) is 21.7. The van der Waals surface area contributed by atoms with Crippen LogP contribution < -0.4 is 0 Å². The van der Waals surface area contributed by atoms with Crippen LogP contribution in [0.15, 0.2) is 60.7 Å². The van der Waals surface area contributed by atoms with Crippen molar-refractivity contribution < 1.29 is 30.6 Å². The third kappa shape index (κ3) is 13.0. The molecule has 0 radical (unpaired) electrons. The summed E-state index contributed by atoms with van der Waals surface area (Å²) in [5.41, 5.74) is 7.43. The van der Waals surface area contributed by atoms with Gasteiger partial charge < -0.3 is 26.0 Å². The average molecular weight is 752 g/mol. The van der Waals surface area contributed by atoms with Crippen LogP contribution in [0.2, 0.25) is 0 Å². The van der Waals surface area contributed by atoms with Gasteiger partial charge in [0.15, 0.2) is 5.82 Å².